The normalized spacial score (nSPS) is 10.9. The van der Waals surface area contributed by atoms with Crippen LogP contribution in [-0.2, 0) is 7.05 Å². The monoisotopic (exact) mass is 414 g/mol. The van der Waals surface area contributed by atoms with Crippen LogP contribution in [0.1, 0.15) is 5.56 Å². The molecule has 0 bridgehead atoms. The highest BCUT2D eigenvalue weighted by molar-refractivity contribution is 5.92. The summed E-state index contributed by atoms with van der Waals surface area (Å²) in [6, 6.07) is 20.7. The number of hydrogen-bond donors (Lipinski definition) is 1. The van der Waals surface area contributed by atoms with Gasteiger partial charge in [0, 0.05) is 29.6 Å². The zero-order valence-corrected chi connectivity index (χ0v) is 15.2. The first-order valence-electron chi connectivity index (χ1n) is 7.31. The van der Waals surface area contributed by atoms with Crippen LogP contribution in [0.25, 0.3) is 16.5 Å². The third-order valence-electron chi connectivity index (χ3n) is 3.74. The van der Waals surface area contributed by atoms with E-state index in [0.29, 0.717) is 0 Å². The van der Waals surface area contributed by atoms with Crippen LogP contribution in [0.4, 0.5) is 5.69 Å². The molecule has 0 aliphatic heterocycles. The average Bonchev–Trinajstić information content (AvgIpc) is 2.58. The fourth-order valence-electron chi connectivity index (χ4n) is 2.56. The van der Waals surface area contributed by atoms with Crippen LogP contribution in [-0.4, -0.2) is 0 Å². The minimum Gasteiger partial charge on any atom is -1.00 e. The first kappa shape index (κ1) is 17.2. The van der Waals surface area contributed by atoms with Crippen LogP contribution in [0.5, 0.6) is 0 Å². The number of aryl methyl sites for hydroxylation is 1. The molecule has 3 heteroatoms. The highest BCUT2D eigenvalue weighted by atomic mass is 127. The van der Waals surface area contributed by atoms with Crippen molar-refractivity contribution in [3.63, 3.8) is 0 Å². The van der Waals surface area contributed by atoms with E-state index >= 15 is 0 Å². The molecule has 1 N–H and O–H groups in total. The third-order valence-corrected chi connectivity index (χ3v) is 3.74. The molecule has 2 nitrogen and oxygen atoms in total. The fourth-order valence-corrected chi connectivity index (χ4v) is 2.56. The van der Waals surface area contributed by atoms with Crippen molar-refractivity contribution in [1.29, 1.82) is 0 Å². The average molecular weight is 414 g/mol. The number of pyridine rings is 1. The van der Waals surface area contributed by atoms with Crippen molar-refractivity contribution in [3.05, 3.63) is 91.3 Å². The summed E-state index contributed by atoms with van der Waals surface area (Å²) >= 11 is 0. The molecule has 0 saturated heterocycles. The predicted octanol–water partition coefficient (Wildman–Crippen LogP) is 1.31. The molecule has 0 aliphatic carbocycles. The topological polar surface area (TPSA) is 15.9 Å². The lowest BCUT2D eigenvalue weighted by Gasteiger charge is -2.07. The SMILES string of the molecule is C=CC(=CNc1ccccc1)c1cc[n+](C)c2ccccc12.[I-]. The molecule has 116 valence electrons. The van der Waals surface area contributed by atoms with E-state index in [1.807, 2.05) is 42.6 Å². The van der Waals surface area contributed by atoms with Crippen molar-refractivity contribution in [2.24, 2.45) is 7.05 Å². The molecule has 3 aromatic rings. The first-order chi connectivity index (χ1) is 10.8. The standard InChI is InChI=1S/C20H18N2.HI/c1-3-16(15-21-17-9-5-4-6-10-17)18-13-14-22(2)20-12-8-7-11-19(18)20;/h3-15H,1H2,2H3;1H. The summed E-state index contributed by atoms with van der Waals surface area (Å²) in [5.74, 6) is 0. The Balaban J connectivity index is 0.00000192. The zero-order chi connectivity index (χ0) is 15.4. The zero-order valence-electron chi connectivity index (χ0n) is 13.0. The highest BCUT2D eigenvalue weighted by Gasteiger charge is 2.10. The second-order valence-corrected chi connectivity index (χ2v) is 5.17. The maximum absolute atomic E-state index is 3.96. The number of aromatic nitrogens is 1. The molecule has 0 aliphatic rings. The molecule has 0 atom stereocenters. The number of halogens is 1. The first-order valence-corrected chi connectivity index (χ1v) is 7.31. The van der Waals surface area contributed by atoms with Crippen molar-refractivity contribution in [2.75, 3.05) is 5.32 Å². The molecule has 2 aromatic carbocycles. The van der Waals surface area contributed by atoms with Crippen LogP contribution in [0.2, 0.25) is 0 Å². The summed E-state index contributed by atoms with van der Waals surface area (Å²) in [5, 5.41) is 4.55. The van der Waals surface area contributed by atoms with Gasteiger partial charge in [0.25, 0.3) is 0 Å². The van der Waals surface area contributed by atoms with E-state index in [1.54, 1.807) is 0 Å². The van der Waals surface area contributed by atoms with Crippen molar-refractivity contribution in [2.45, 2.75) is 0 Å². The van der Waals surface area contributed by atoms with E-state index in [2.05, 4.69) is 60.0 Å². The number of fused-ring (bicyclic) bond motifs is 1. The number of para-hydroxylation sites is 2. The van der Waals surface area contributed by atoms with Gasteiger partial charge in [0.2, 0.25) is 5.52 Å². The summed E-state index contributed by atoms with van der Waals surface area (Å²) in [7, 11) is 2.06. The van der Waals surface area contributed by atoms with Gasteiger partial charge in [0.15, 0.2) is 6.20 Å². The molecule has 0 fully saturated rings. The Morgan fingerprint density at radius 1 is 1.00 bits per heavy atom. The van der Waals surface area contributed by atoms with Crippen LogP contribution in [0.3, 0.4) is 0 Å². The molecule has 1 heterocycles. The summed E-state index contributed by atoms with van der Waals surface area (Å²) in [6.45, 7) is 3.96. The van der Waals surface area contributed by atoms with Crippen LogP contribution in [0.15, 0.2) is 85.7 Å². The van der Waals surface area contributed by atoms with Crippen molar-refractivity contribution >= 4 is 22.2 Å². The van der Waals surface area contributed by atoms with E-state index in [1.165, 1.54) is 16.5 Å². The number of anilines is 1. The molecule has 0 unspecified atom stereocenters. The predicted molar refractivity (Wildman–Crippen MR) is 93.4 cm³/mol. The Labute approximate surface area is 154 Å². The Morgan fingerprint density at radius 3 is 2.43 bits per heavy atom. The number of hydrogen-bond acceptors (Lipinski definition) is 1. The van der Waals surface area contributed by atoms with Gasteiger partial charge in [-0.2, -0.15) is 0 Å². The van der Waals surface area contributed by atoms with Crippen molar-refractivity contribution in [3.8, 4) is 0 Å². The van der Waals surface area contributed by atoms with Crippen molar-refractivity contribution < 1.29 is 28.5 Å². The van der Waals surface area contributed by atoms with Gasteiger partial charge < -0.3 is 29.3 Å². The summed E-state index contributed by atoms with van der Waals surface area (Å²) < 4.78 is 2.13. The van der Waals surface area contributed by atoms with Gasteiger partial charge in [-0.15, -0.1) is 0 Å². The summed E-state index contributed by atoms with van der Waals surface area (Å²) in [4.78, 5) is 0. The molecular formula is C20H19IN2. The Hall–Kier alpha value is -2.14. The molecule has 0 radical (unpaired) electrons. The summed E-state index contributed by atoms with van der Waals surface area (Å²) in [6.07, 6.45) is 5.97. The molecule has 3 rings (SSSR count). The van der Waals surface area contributed by atoms with Crippen LogP contribution < -0.4 is 33.9 Å². The molecule has 1 aromatic heterocycles. The minimum absolute atomic E-state index is 0. The summed E-state index contributed by atoms with van der Waals surface area (Å²) in [5.41, 5.74) is 4.51. The van der Waals surface area contributed by atoms with E-state index in [9.17, 15) is 0 Å². The van der Waals surface area contributed by atoms with Gasteiger partial charge in [-0.05, 0) is 23.8 Å². The maximum Gasteiger partial charge on any atom is 0.212 e. The number of nitrogens with one attached hydrogen (secondary N) is 1. The van der Waals surface area contributed by atoms with Crippen LogP contribution in [0, 0.1) is 0 Å². The maximum atomic E-state index is 3.96. The van der Waals surface area contributed by atoms with Gasteiger partial charge >= 0.3 is 0 Å². The number of allylic oxidation sites excluding steroid dienone is 2. The second-order valence-electron chi connectivity index (χ2n) is 5.17. The number of benzene rings is 2. The minimum atomic E-state index is 0. The second kappa shape index (κ2) is 7.92. The molecule has 0 amide bonds. The van der Waals surface area contributed by atoms with Gasteiger partial charge in [-0.1, -0.05) is 43.0 Å². The smallest absolute Gasteiger partial charge is 0.212 e. The Bertz CT molecular complexity index is 839. The quantitative estimate of drug-likeness (QED) is 0.387. The lowest BCUT2D eigenvalue weighted by atomic mass is 10.0. The molecule has 0 saturated carbocycles. The molecular weight excluding hydrogens is 395 g/mol. The number of nitrogens with zero attached hydrogens (tertiary/aromatic N) is 1. The van der Waals surface area contributed by atoms with Gasteiger partial charge in [0.05, 0.1) is 5.39 Å². The van der Waals surface area contributed by atoms with Gasteiger partial charge in [-0.25, -0.2) is 4.57 Å². The fraction of sp³-hybridized carbons (Fsp3) is 0.0500. The number of rotatable bonds is 4. The lowest BCUT2D eigenvalue weighted by molar-refractivity contribution is -0.644. The van der Waals surface area contributed by atoms with E-state index in [4.69, 9.17) is 0 Å². The van der Waals surface area contributed by atoms with Crippen LogP contribution >= 0.6 is 0 Å². The van der Waals surface area contributed by atoms with Gasteiger partial charge in [0.1, 0.15) is 7.05 Å². The Kier molecular flexibility index (Phi) is 5.93. The third kappa shape index (κ3) is 3.79. The van der Waals surface area contributed by atoms with Gasteiger partial charge in [-0.3, -0.25) is 0 Å². The highest BCUT2D eigenvalue weighted by Crippen LogP contribution is 2.23. The lowest BCUT2D eigenvalue weighted by Crippen LogP contribution is -3.00. The molecule has 23 heavy (non-hydrogen) atoms. The van der Waals surface area contributed by atoms with E-state index in [0.717, 1.165) is 11.3 Å². The Morgan fingerprint density at radius 2 is 1.70 bits per heavy atom. The van der Waals surface area contributed by atoms with E-state index in [-0.39, 0.29) is 24.0 Å². The van der Waals surface area contributed by atoms with E-state index < -0.39 is 0 Å². The largest absolute Gasteiger partial charge is 1.00 e. The molecule has 0 spiro atoms. The van der Waals surface area contributed by atoms with Crippen molar-refractivity contribution in [1.82, 2.24) is 0 Å².